The van der Waals surface area contributed by atoms with Crippen molar-refractivity contribution in [2.75, 3.05) is 13.7 Å². The molecule has 2 atom stereocenters. The zero-order chi connectivity index (χ0) is 20.6. The fourth-order valence-corrected chi connectivity index (χ4v) is 2.98. The maximum absolute atomic E-state index is 12.3. The Hall–Kier alpha value is -3.23. The van der Waals surface area contributed by atoms with E-state index in [4.69, 9.17) is 4.74 Å². The first-order valence-electron chi connectivity index (χ1n) is 9.35. The van der Waals surface area contributed by atoms with Crippen molar-refractivity contribution in [3.05, 3.63) is 65.2 Å². The van der Waals surface area contributed by atoms with Crippen LogP contribution in [0.1, 0.15) is 40.9 Å². The van der Waals surface area contributed by atoms with Crippen molar-refractivity contribution in [2.24, 2.45) is 5.10 Å². The predicted octanol–water partition coefficient (Wildman–Crippen LogP) is 1.93. The van der Waals surface area contributed by atoms with Crippen LogP contribution in [0, 0.1) is 0 Å². The van der Waals surface area contributed by atoms with Crippen LogP contribution in [0.5, 0.6) is 5.75 Å². The number of hydrazone groups is 1. The summed E-state index contributed by atoms with van der Waals surface area (Å²) in [4.78, 5) is 23.7. The molecule has 1 fully saturated rings. The summed E-state index contributed by atoms with van der Waals surface area (Å²) in [5.41, 5.74) is 11.0. The zero-order valence-corrected chi connectivity index (χ0v) is 16.3. The fourth-order valence-electron chi connectivity index (χ4n) is 2.98. The van der Waals surface area contributed by atoms with Crippen LogP contribution in [-0.4, -0.2) is 37.8 Å². The van der Waals surface area contributed by atoms with Crippen molar-refractivity contribution in [1.82, 2.24) is 16.3 Å². The van der Waals surface area contributed by atoms with E-state index >= 15 is 0 Å². The van der Waals surface area contributed by atoms with Gasteiger partial charge in [-0.1, -0.05) is 24.3 Å². The standard InChI is InChI=1S/C21H24N4O4/c1-3-29-17-10-8-15(9-11-17)18-12-19(24-23-18)20(26)25-22-13-14-4-6-16(7-5-14)21(27)28-2/h4-11,13,18-19,23-24H,3,12H2,1-2H3,(H,25,26)/b22-13+. The number of methoxy groups -OCH3 is 1. The van der Waals surface area contributed by atoms with Crippen LogP contribution in [0.15, 0.2) is 53.6 Å². The summed E-state index contributed by atoms with van der Waals surface area (Å²) >= 11 is 0. The van der Waals surface area contributed by atoms with Crippen LogP contribution < -0.4 is 21.0 Å². The molecule has 0 spiro atoms. The number of nitrogens with one attached hydrogen (secondary N) is 3. The van der Waals surface area contributed by atoms with Crippen LogP contribution >= 0.6 is 0 Å². The molecule has 29 heavy (non-hydrogen) atoms. The first-order valence-corrected chi connectivity index (χ1v) is 9.35. The molecule has 0 aliphatic carbocycles. The third kappa shape index (κ3) is 5.40. The molecule has 8 nitrogen and oxygen atoms in total. The molecular formula is C21H24N4O4. The monoisotopic (exact) mass is 396 g/mol. The number of rotatable bonds is 7. The number of hydrogen-bond donors (Lipinski definition) is 3. The average molecular weight is 396 g/mol. The molecule has 8 heteroatoms. The summed E-state index contributed by atoms with van der Waals surface area (Å²) in [6.45, 7) is 2.57. The number of carbonyl (C=O) groups excluding carboxylic acids is 2. The van der Waals surface area contributed by atoms with Gasteiger partial charge >= 0.3 is 5.97 Å². The van der Waals surface area contributed by atoms with E-state index in [1.807, 2.05) is 31.2 Å². The first kappa shape index (κ1) is 20.5. The lowest BCUT2D eigenvalue weighted by molar-refractivity contribution is -0.122. The second-order valence-electron chi connectivity index (χ2n) is 6.48. The molecule has 2 aromatic rings. The Balaban J connectivity index is 1.50. The average Bonchev–Trinajstić information content (AvgIpc) is 3.25. The van der Waals surface area contributed by atoms with Gasteiger partial charge in [-0.25, -0.2) is 21.1 Å². The van der Waals surface area contributed by atoms with Gasteiger partial charge in [0.15, 0.2) is 0 Å². The Labute approximate surface area is 169 Å². The highest BCUT2D eigenvalue weighted by atomic mass is 16.5. The number of amides is 1. The number of esters is 1. The van der Waals surface area contributed by atoms with E-state index in [0.29, 0.717) is 18.6 Å². The Morgan fingerprint density at radius 2 is 1.86 bits per heavy atom. The van der Waals surface area contributed by atoms with Crippen LogP contribution in [0.25, 0.3) is 0 Å². The van der Waals surface area contributed by atoms with E-state index in [-0.39, 0.29) is 11.9 Å². The molecule has 1 saturated heterocycles. The van der Waals surface area contributed by atoms with Gasteiger partial charge in [0.2, 0.25) is 0 Å². The minimum Gasteiger partial charge on any atom is -0.494 e. The summed E-state index contributed by atoms with van der Waals surface area (Å²) in [5, 5.41) is 3.99. The number of ether oxygens (including phenoxy) is 2. The smallest absolute Gasteiger partial charge is 0.337 e. The number of hydrazine groups is 1. The predicted molar refractivity (Wildman–Crippen MR) is 109 cm³/mol. The minimum absolute atomic E-state index is 0.0243. The minimum atomic E-state index is -0.399. The van der Waals surface area contributed by atoms with E-state index in [1.165, 1.54) is 13.3 Å². The lowest BCUT2D eigenvalue weighted by Gasteiger charge is -2.10. The van der Waals surface area contributed by atoms with Crippen LogP contribution in [0.2, 0.25) is 0 Å². The van der Waals surface area contributed by atoms with Gasteiger partial charge in [0.25, 0.3) is 5.91 Å². The highest BCUT2D eigenvalue weighted by molar-refractivity contribution is 5.91. The van der Waals surface area contributed by atoms with Crippen LogP contribution in [0.4, 0.5) is 0 Å². The molecule has 0 bridgehead atoms. The second kappa shape index (κ2) is 9.81. The van der Waals surface area contributed by atoms with Crippen molar-refractivity contribution in [3.63, 3.8) is 0 Å². The van der Waals surface area contributed by atoms with Crippen molar-refractivity contribution in [2.45, 2.75) is 25.4 Å². The summed E-state index contributed by atoms with van der Waals surface area (Å²) in [5.74, 6) is 0.197. The molecule has 3 N–H and O–H groups in total. The van der Waals surface area contributed by atoms with Gasteiger partial charge in [0.05, 0.1) is 25.5 Å². The van der Waals surface area contributed by atoms with Crippen molar-refractivity contribution in [1.29, 1.82) is 0 Å². The number of hydrogen-bond acceptors (Lipinski definition) is 7. The largest absolute Gasteiger partial charge is 0.494 e. The Morgan fingerprint density at radius 1 is 1.14 bits per heavy atom. The maximum Gasteiger partial charge on any atom is 0.337 e. The van der Waals surface area contributed by atoms with Gasteiger partial charge < -0.3 is 9.47 Å². The first-order chi connectivity index (χ1) is 14.1. The quantitative estimate of drug-likeness (QED) is 0.376. The second-order valence-corrected chi connectivity index (χ2v) is 6.48. The number of benzene rings is 2. The lowest BCUT2D eigenvalue weighted by Crippen LogP contribution is -2.41. The van der Waals surface area contributed by atoms with E-state index in [9.17, 15) is 9.59 Å². The van der Waals surface area contributed by atoms with E-state index in [0.717, 1.165) is 16.9 Å². The van der Waals surface area contributed by atoms with E-state index in [2.05, 4.69) is 26.1 Å². The highest BCUT2D eigenvalue weighted by Crippen LogP contribution is 2.24. The van der Waals surface area contributed by atoms with Gasteiger partial charge in [-0.05, 0) is 48.7 Å². The number of nitrogens with zero attached hydrogens (tertiary/aromatic N) is 1. The molecule has 1 amide bonds. The molecule has 1 heterocycles. The molecule has 2 aromatic carbocycles. The van der Waals surface area contributed by atoms with Crippen molar-refractivity contribution < 1.29 is 19.1 Å². The highest BCUT2D eigenvalue weighted by Gasteiger charge is 2.30. The fraction of sp³-hybridized carbons (Fsp3) is 0.286. The van der Waals surface area contributed by atoms with Crippen molar-refractivity contribution >= 4 is 18.1 Å². The van der Waals surface area contributed by atoms with Gasteiger partial charge in [-0.3, -0.25) is 4.79 Å². The molecule has 0 saturated carbocycles. The molecule has 2 unspecified atom stereocenters. The van der Waals surface area contributed by atoms with E-state index in [1.54, 1.807) is 24.3 Å². The lowest BCUT2D eigenvalue weighted by atomic mass is 10.0. The topological polar surface area (TPSA) is 101 Å². The summed E-state index contributed by atoms with van der Waals surface area (Å²) in [6, 6.07) is 14.2. The SMILES string of the molecule is CCOc1ccc(C2CC(C(=O)N/N=C/c3ccc(C(=O)OC)cc3)NN2)cc1. The van der Waals surface area contributed by atoms with Gasteiger partial charge in [0, 0.05) is 6.04 Å². The maximum atomic E-state index is 12.3. The van der Waals surface area contributed by atoms with E-state index < -0.39 is 12.0 Å². The summed E-state index contributed by atoms with van der Waals surface area (Å²) < 4.78 is 10.1. The van der Waals surface area contributed by atoms with Gasteiger partial charge in [0.1, 0.15) is 11.8 Å². The third-order valence-electron chi connectivity index (χ3n) is 4.53. The summed E-state index contributed by atoms with van der Waals surface area (Å²) in [6.07, 6.45) is 2.12. The Morgan fingerprint density at radius 3 is 2.52 bits per heavy atom. The summed E-state index contributed by atoms with van der Waals surface area (Å²) in [7, 11) is 1.33. The van der Waals surface area contributed by atoms with Crippen LogP contribution in [0.3, 0.4) is 0 Å². The zero-order valence-electron chi connectivity index (χ0n) is 16.3. The molecule has 1 aliphatic heterocycles. The molecule has 3 rings (SSSR count). The molecule has 0 radical (unpaired) electrons. The van der Waals surface area contributed by atoms with Gasteiger partial charge in [-0.2, -0.15) is 5.10 Å². The van der Waals surface area contributed by atoms with Crippen LogP contribution in [-0.2, 0) is 9.53 Å². The van der Waals surface area contributed by atoms with Crippen molar-refractivity contribution in [3.8, 4) is 5.75 Å². The normalized spacial score (nSPS) is 18.6. The molecule has 152 valence electrons. The Bertz CT molecular complexity index is 865. The Kier molecular flexibility index (Phi) is 6.94. The number of carbonyl (C=O) groups is 2. The van der Waals surface area contributed by atoms with Gasteiger partial charge in [-0.15, -0.1) is 0 Å². The molecule has 0 aromatic heterocycles. The molecule has 1 aliphatic rings. The third-order valence-corrected chi connectivity index (χ3v) is 4.53. The molecular weight excluding hydrogens is 372 g/mol.